The quantitative estimate of drug-likeness (QED) is 0.521. The van der Waals surface area contributed by atoms with Gasteiger partial charge in [-0.3, -0.25) is 14.4 Å². The van der Waals surface area contributed by atoms with E-state index in [9.17, 15) is 19.6 Å². The van der Waals surface area contributed by atoms with Crippen molar-refractivity contribution in [3.8, 4) is 6.07 Å². The molecule has 7 nitrogen and oxygen atoms in total. The molecule has 0 saturated carbocycles. The van der Waals surface area contributed by atoms with Crippen LogP contribution in [0.3, 0.4) is 0 Å². The molecule has 0 saturated heterocycles. The highest BCUT2D eigenvalue weighted by Gasteiger charge is 2.44. The number of methoxy groups -OCH3 is 1. The summed E-state index contributed by atoms with van der Waals surface area (Å²) in [6.45, 7) is 1.93. The minimum Gasteiger partial charge on any atom is -0.468 e. The van der Waals surface area contributed by atoms with Gasteiger partial charge in [-0.1, -0.05) is 39.8 Å². The number of nitrogens with one attached hydrogen (secondary N) is 1. The Bertz CT molecular complexity index is 833. The summed E-state index contributed by atoms with van der Waals surface area (Å²) < 4.78 is 10.4. The van der Waals surface area contributed by atoms with E-state index in [1.54, 1.807) is 31.2 Å². The monoisotopic (exact) mass is 452 g/mol. The predicted molar refractivity (Wildman–Crippen MR) is 102 cm³/mol. The standard InChI is InChI=1S/C18H17BrN2O5S/c1-3-26-13(22)9-27-17-12(8-20)14(10-5-4-6-11(19)7-10)15(16(23)21-17)18(24)25-2/h4-7,14-15H,3,9H2,1-2H3,(H,21,23)/t14-,15+/m0/s1. The lowest BCUT2D eigenvalue weighted by molar-refractivity contribution is -0.150. The fourth-order valence-corrected chi connectivity index (χ4v) is 3.98. The Kier molecular flexibility index (Phi) is 7.45. The summed E-state index contributed by atoms with van der Waals surface area (Å²) in [5.74, 6) is -3.88. The van der Waals surface area contributed by atoms with Crippen LogP contribution < -0.4 is 5.32 Å². The molecule has 1 aliphatic rings. The van der Waals surface area contributed by atoms with Gasteiger partial charge < -0.3 is 14.8 Å². The Morgan fingerprint density at radius 1 is 1.41 bits per heavy atom. The lowest BCUT2D eigenvalue weighted by Crippen LogP contribution is -2.44. The number of thioether (sulfide) groups is 1. The number of benzene rings is 1. The summed E-state index contributed by atoms with van der Waals surface area (Å²) >= 11 is 4.35. The second-order valence-corrected chi connectivity index (χ2v) is 7.37. The van der Waals surface area contributed by atoms with Crippen LogP contribution in [0.1, 0.15) is 18.4 Å². The van der Waals surface area contributed by atoms with Gasteiger partial charge in [-0.25, -0.2) is 0 Å². The van der Waals surface area contributed by atoms with Crippen LogP contribution in [0, 0.1) is 17.2 Å². The van der Waals surface area contributed by atoms with Crippen LogP contribution in [0.2, 0.25) is 0 Å². The fourth-order valence-electron chi connectivity index (χ4n) is 2.71. The molecular formula is C18H17BrN2O5S. The molecule has 0 aromatic heterocycles. The molecule has 2 atom stereocenters. The van der Waals surface area contributed by atoms with E-state index in [-0.39, 0.29) is 23.0 Å². The van der Waals surface area contributed by atoms with E-state index >= 15 is 0 Å². The summed E-state index contributed by atoms with van der Waals surface area (Å²) in [5.41, 5.74) is 0.804. The van der Waals surface area contributed by atoms with Crippen LogP contribution in [0.25, 0.3) is 0 Å². The van der Waals surface area contributed by atoms with Crippen LogP contribution in [0.5, 0.6) is 0 Å². The zero-order valence-corrected chi connectivity index (χ0v) is 17.1. The van der Waals surface area contributed by atoms with Crippen molar-refractivity contribution in [2.45, 2.75) is 12.8 Å². The Hall–Kier alpha value is -2.31. The molecule has 1 amide bonds. The second-order valence-electron chi connectivity index (χ2n) is 5.47. The summed E-state index contributed by atoms with van der Waals surface area (Å²) in [7, 11) is 1.19. The molecule has 0 fully saturated rings. The highest BCUT2D eigenvalue weighted by molar-refractivity contribution is 9.10. The molecule has 1 aromatic rings. The van der Waals surface area contributed by atoms with E-state index in [1.807, 2.05) is 0 Å². The minimum atomic E-state index is -1.20. The lowest BCUT2D eigenvalue weighted by atomic mass is 9.78. The van der Waals surface area contributed by atoms with E-state index < -0.39 is 29.7 Å². The molecular weight excluding hydrogens is 436 g/mol. The number of esters is 2. The number of nitriles is 1. The van der Waals surface area contributed by atoms with Crippen molar-refractivity contribution in [2.75, 3.05) is 19.5 Å². The number of nitrogens with zero attached hydrogens (tertiary/aromatic N) is 1. The molecule has 1 N–H and O–H groups in total. The molecule has 1 aliphatic heterocycles. The number of carbonyl (C=O) groups excluding carboxylic acids is 3. The van der Waals surface area contributed by atoms with Crippen molar-refractivity contribution in [2.24, 2.45) is 5.92 Å². The number of halogens is 1. The summed E-state index contributed by atoms with van der Waals surface area (Å²) in [4.78, 5) is 36.5. The number of hydrogen-bond donors (Lipinski definition) is 1. The third kappa shape index (κ3) is 4.90. The maximum atomic E-state index is 12.6. The maximum absolute atomic E-state index is 12.6. The summed E-state index contributed by atoms with van der Waals surface area (Å²) in [5, 5.41) is 12.5. The van der Waals surface area contributed by atoms with Gasteiger partial charge in [0.05, 0.1) is 36.1 Å². The van der Waals surface area contributed by atoms with Crippen LogP contribution in [-0.2, 0) is 23.9 Å². The molecule has 27 heavy (non-hydrogen) atoms. The van der Waals surface area contributed by atoms with Crippen molar-refractivity contribution in [1.29, 1.82) is 5.26 Å². The van der Waals surface area contributed by atoms with E-state index in [0.29, 0.717) is 5.56 Å². The van der Waals surface area contributed by atoms with Crippen LogP contribution >= 0.6 is 27.7 Å². The first-order valence-electron chi connectivity index (χ1n) is 7.99. The Labute approximate surface area is 169 Å². The fraction of sp³-hybridized carbons (Fsp3) is 0.333. The van der Waals surface area contributed by atoms with Crippen molar-refractivity contribution in [1.82, 2.24) is 5.32 Å². The lowest BCUT2D eigenvalue weighted by Gasteiger charge is -2.30. The van der Waals surface area contributed by atoms with Gasteiger partial charge in [0.1, 0.15) is 5.92 Å². The van der Waals surface area contributed by atoms with Crippen LogP contribution in [-0.4, -0.2) is 37.3 Å². The van der Waals surface area contributed by atoms with E-state index in [1.165, 1.54) is 7.11 Å². The number of rotatable bonds is 6. The van der Waals surface area contributed by atoms with Gasteiger partial charge in [-0.15, -0.1) is 0 Å². The third-order valence-electron chi connectivity index (χ3n) is 3.83. The second kappa shape index (κ2) is 9.58. The first kappa shape index (κ1) is 21.0. The first-order chi connectivity index (χ1) is 12.9. The average molecular weight is 453 g/mol. The normalized spacial score (nSPS) is 19.1. The van der Waals surface area contributed by atoms with Crippen molar-refractivity contribution in [3.05, 3.63) is 44.9 Å². The number of allylic oxidation sites excluding steroid dienone is 1. The molecule has 1 heterocycles. The summed E-state index contributed by atoms with van der Waals surface area (Å²) in [6.07, 6.45) is 0. The maximum Gasteiger partial charge on any atom is 0.319 e. The van der Waals surface area contributed by atoms with Gasteiger partial charge in [0.15, 0.2) is 0 Å². The Balaban J connectivity index is 2.50. The molecule has 0 aliphatic carbocycles. The molecule has 2 rings (SSSR count). The smallest absolute Gasteiger partial charge is 0.319 e. The summed E-state index contributed by atoms with van der Waals surface area (Å²) in [6, 6.07) is 9.10. The molecule has 1 aromatic carbocycles. The van der Waals surface area contributed by atoms with Crippen LogP contribution in [0.4, 0.5) is 0 Å². The predicted octanol–water partition coefficient (Wildman–Crippen LogP) is 2.48. The van der Waals surface area contributed by atoms with E-state index in [4.69, 9.17) is 9.47 Å². The zero-order chi connectivity index (χ0) is 20.0. The number of ether oxygens (including phenoxy) is 2. The molecule has 9 heteroatoms. The molecule has 0 spiro atoms. The molecule has 142 valence electrons. The molecule has 0 bridgehead atoms. The minimum absolute atomic E-state index is 0.0667. The SMILES string of the molecule is CCOC(=O)CSC1=C(C#N)[C@H](c2cccc(Br)c2)[C@@H](C(=O)OC)C(=O)N1. The third-order valence-corrected chi connectivity index (χ3v) is 5.32. The molecule has 0 radical (unpaired) electrons. The van der Waals surface area contributed by atoms with E-state index in [0.717, 1.165) is 16.2 Å². The molecule has 0 unspecified atom stereocenters. The topological polar surface area (TPSA) is 105 Å². The largest absolute Gasteiger partial charge is 0.468 e. The van der Waals surface area contributed by atoms with Gasteiger partial charge in [0, 0.05) is 10.4 Å². The van der Waals surface area contributed by atoms with Gasteiger partial charge >= 0.3 is 11.9 Å². The van der Waals surface area contributed by atoms with Gasteiger partial charge in [0.25, 0.3) is 0 Å². The Morgan fingerprint density at radius 2 is 2.15 bits per heavy atom. The highest BCUT2D eigenvalue weighted by atomic mass is 79.9. The number of carbonyl (C=O) groups is 3. The van der Waals surface area contributed by atoms with Gasteiger partial charge in [-0.2, -0.15) is 5.26 Å². The van der Waals surface area contributed by atoms with E-state index in [2.05, 4.69) is 27.3 Å². The average Bonchev–Trinajstić information content (AvgIpc) is 2.65. The van der Waals surface area contributed by atoms with Crippen molar-refractivity contribution in [3.63, 3.8) is 0 Å². The number of amides is 1. The van der Waals surface area contributed by atoms with Gasteiger partial charge in [-0.05, 0) is 24.6 Å². The zero-order valence-electron chi connectivity index (χ0n) is 14.7. The Morgan fingerprint density at radius 3 is 2.74 bits per heavy atom. The van der Waals surface area contributed by atoms with Gasteiger partial charge in [0.2, 0.25) is 5.91 Å². The van der Waals surface area contributed by atoms with Crippen molar-refractivity contribution < 1.29 is 23.9 Å². The van der Waals surface area contributed by atoms with Crippen molar-refractivity contribution >= 4 is 45.5 Å². The first-order valence-corrected chi connectivity index (χ1v) is 9.77. The highest BCUT2D eigenvalue weighted by Crippen LogP contribution is 2.40. The number of hydrogen-bond acceptors (Lipinski definition) is 7. The van der Waals surface area contributed by atoms with Crippen LogP contribution in [0.15, 0.2) is 39.3 Å².